The zero-order valence-electron chi connectivity index (χ0n) is 12.1. The topological polar surface area (TPSA) is 162 Å². The fourth-order valence-electron chi connectivity index (χ4n) is 1.55. The third-order valence-corrected chi connectivity index (χ3v) is 2.67. The van der Waals surface area contributed by atoms with Crippen LogP contribution in [0.4, 0.5) is 0 Å². The molecule has 0 saturated carbocycles. The average Bonchev–Trinajstić information content (AvgIpc) is 2.40. The molecule has 0 aromatic carbocycles. The van der Waals surface area contributed by atoms with Crippen molar-refractivity contribution in [1.82, 2.24) is 10.6 Å². The maximum absolute atomic E-state index is 11.7. The molecule has 9 heteroatoms. The Balaban J connectivity index is 4.59. The van der Waals surface area contributed by atoms with E-state index in [1.54, 1.807) is 0 Å². The van der Waals surface area contributed by atoms with Crippen LogP contribution in [-0.2, 0) is 14.4 Å². The van der Waals surface area contributed by atoms with Gasteiger partial charge in [0.25, 0.3) is 0 Å². The average molecular weight is 305 g/mol. The van der Waals surface area contributed by atoms with Crippen molar-refractivity contribution in [1.29, 1.82) is 0 Å². The van der Waals surface area contributed by atoms with Gasteiger partial charge in [-0.15, -0.1) is 0 Å². The van der Waals surface area contributed by atoms with Gasteiger partial charge in [0, 0.05) is 0 Å². The van der Waals surface area contributed by atoms with Gasteiger partial charge in [-0.2, -0.15) is 0 Å². The quantitative estimate of drug-likeness (QED) is 0.272. The smallest absolute Gasteiger partial charge is 0.328 e. The molecule has 0 spiro atoms. The number of carboxylic acids is 1. The summed E-state index contributed by atoms with van der Waals surface area (Å²) in [4.78, 5) is 34.2. The predicted molar refractivity (Wildman–Crippen MR) is 73.1 cm³/mol. The highest BCUT2D eigenvalue weighted by atomic mass is 16.4. The number of carboxylic acid groups (broad SMARTS) is 1. The maximum Gasteiger partial charge on any atom is 0.328 e. The van der Waals surface area contributed by atoms with Crippen molar-refractivity contribution in [2.45, 2.75) is 38.4 Å². The van der Waals surface area contributed by atoms with Gasteiger partial charge < -0.3 is 31.7 Å². The fourth-order valence-corrected chi connectivity index (χ4v) is 1.55. The molecule has 0 saturated heterocycles. The molecule has 0 aromatic rings. The van der Waals surface area contributed by atoms with Crippen molar-refractivity contribution in [3.63, 3.8) is 0 Å². The Kier molecular flexibility index (Phi) is 8.51. The molecule has 3 atom stereocenters. The summed E-state index contributed by atoms with van der Waals surface area (Å²) >= 11 is 0. The van der Waals surface area contributed by atoms with Gasteiger partial charge >= 0.3 is 5.97 Å². The highest BCUT2D eigenvalue weighted by molar-refractivity contribution is 5.91. The number of aliphatic carboxylic acids is 1. The minimum Gasteiger partial charge on any atom is -0.480 e. The molecule has 122 valence electrons. The first-order chi connectivity index (χ1) is 9.72. The number of amides is 2. The maximum atomic E-state index is 11.7. The number of hydrogen-bond donors (Lipinski definition) is 6. The van der Waals surface area contributed by atoms with E-state index in [0.29, 0.717) is 6.42 Å². The summed E-state index contributed by atoms with van der Waals surface area (Å²) in [6, 6.07) is -3.67. The van der Waals surface area contributed by atoms with Crippen LogP contribution in [0.5, 0.6) is 0 Å². The van der Waals surface area contributed by atoms with Crippen molar-refractivity contribution in [2.75, 3.05) is 13.2 Å². The largest absolute Gasteiger partial charge is 0.480 e. The minimum absolute atomic E-state index is 0.179. The van der Waals surface area contributed by atoms with E-state index >= 15 is 0 Å². The molecule has 0 bridgehead atoms. The molecular weight excluding hydrogens is 282 g/mol. The summed E-state index contributed by atoms with van der Waals surface area (Å²) in [6.07, 6.45) is 0.403. The molecule has 0 radical (unpaired) electrons. The zero-order valence-corrected chi connectivity index (χ0v) is 12.1. The Morgan fingerprint density at radius 1 is 1.00 bits per heavy atom. The highest BCUT2D eigenvalue weighted by Gasteiger charge is 2.27. The first kappa shape index (κ1) is 19.3. The fraction of sp³-hybridized carbons (Fsp3) is 0.750. The molecule has 0 heterocycles. The van der Waals surface area contributed by atoms with Gasteiger partial charge in [-0.3, -0.25) is 9.59 Å². The van der Waals surface area contributed by atoms with E-state index < -0.39 is 49.1 Å². The standard InChI is InChI=1S/C12H23N3O6/c1-6(2)3-7(13)10(18)14-8(4-16)11(19)15-9(5-17)12(20)21/h6-9,16-17H,3-5,13H2,1-2H3,(H,14,18)(H,15,19)(H,20,21)/t7-,8-,9-/m0/s1. The number of nitrogens with two attached hydrogens (primary N) is 1. The minimum atomic E-state index is -1.51. The van der Waals surface area contributed by atoms with Gasteiger partial charge in [-0.05, 0) is 12.3 Å². The molecule has 0 aromatic heterocycles. The number of carbonyl (C=O) groups is 3. The van der Waals surface area contributed by atoms with Gasteiger partial charge in [0.2, 0.25) is 11.8 Å². The predicted octanol–water partition coefficient (Wildman–Crippen LogP) is -2.60. The molecule has 21 heavy (non-hydrogen) atoms. The second-order valence-corrected chi connectivity index (χ2v) is 5.06. The van der Waals surface area contributed by atoms with E-state index in [2.05, 4.69) is 5.32 Å². The van der Waals surface area contributed by atoms with E-state index in [0.717, 1.165) is 0 Å². The molecule has 0 aliphatic heterocycles. The van der Waals surface area contributed by atoms with Crippen molar-refractivity contribution < 1.29 is 29.7 Å². The van der Waals surface area contributed by atoms with Crippen LogP contribution in [0.3, 0.4) is 0 Å². The number of carbonyl (C=O) groups excluding carboxylic acids is 2. The van der Waals surface area contributed by atoms with Crippen LogP contribution in [0.1, 0.15) is 20.3 Å². The molecule has 0 rings (SSSR count). The van der Waals surface area contributed by atoms with Crippen LogP contribution in [0, 0.1) is 5.92 Å². The molecule has 0 fully saturated rings. The molecule has 2 amide bonds. The summed E-state index contributed by atoms with van der Waals surface area (Å²) in [5.41, 5.74) is 5.64. The molecule has 0 unspecified atom stereocenters. The second-order valence-electron chi connectivity index (χ2n) is 5.06. The lowest BCUT2D eigenvalue weighted by Crippen LogP contribution is -2.56. The van der Waals surface area contributed by atoms with Crippen LogP contribution < -0.4 is 16.4 Å². The second kappa shape index (κ2) is 9.27. The highest BCUT2D eigenvalue weighted by Crippen LogP contribution is 2.03. The lowest BCUT2D eigenvalue weighted by atomic mass is 10.0. The number of hydrogen-bond acceptors (Lipinski definition) is 6. The van der Waals surface area contributed by atoms with Crippen LogP contribution >= 0.6 is 0 Å². The number of rotatable bonds is 9. The SMILES string of the molecule is CC(C)C[C@H](N)C(=O)N[C@@H](CO)C(=O)N[C@@H](CO)C(=O)O. The van der Waals surface area contributed by atoms with Crippen molar-refractivity contribution >= 4 is 17.8 Å². The van der Waals surface area contributed by atoms with Crippen molar-refractivity contribution in [3.8, 4) is 0 Å². The number of aliphatic hydroxyl groups is 2. The summed E-state index contributed by atoms with van der Waals surface area (Å²) in [6.45, 7) is 2.23. The Morgan fingerprint density at radius 2 is 1.48 bits per heavy atom. The summed E-state index contributed by atoms with van der Waals surface area (Å²) < 4.78 is 0. The Bertz CT molecular complexity index is 374. The zero-order chi connectivity index (χ0) is 16.6. The molecular formula is C12H23N3O6. The molecule has 0 aliphatic carbocycles. The Labute approximate surface area is 122 Å². The molecule has 9 nitrogen and oxygen atoms in total. The van der Waals surface area contributed by atoms with E-state index in [4.69, 9.17) is 21.1 Å². The lowest BCUT2D eigenvalue weighted by molar-refractivity contribution is -0.143. The first-order valence-corrected chi connectivity index (χ1v) is 6.53. The van der Waals surface area contributed by atoms with E-state index in [9.17, 15) is 14.4 Å². The normalized spacial score (nSPS) is 15.1. The van der Waals surface area contributed by atoms with Crippen LogP contribution in [0.15, 0.2) is 0 Å². The van der Waals surface area contributed by atoms with Gasteiger partial charge in [0.1, 0.15) is 12.1 Å². The van der Waals surface area contributed by atoms with E-state index in [1.807, 2.05) is 19.2 Å². The van der Waals surface area contributed by atoms with Crippen molar-refractivity contribution in [2.24, 2.45) is 11.7 Å². The van der Waals surface area contributed by atoms with Gasteiger partial charge in [0.15, 0.2) is 0 Å². The molecule has 0 aliphatic rings. The van der Waals surface area contributed by atoms with Crippen molar-refractivity contribution in [3.05, 3.63) is 0 Å². The van der Waals surface area contributed by atoms with Crippen LogP contribution in [0.2, 0.25) is 0 Å². The first-order valence-electron chi connectivity index (χ1n) is 6.53. The van der Waals surface area contributed by atoms with E-state index in [1.165, 1.54) is 0 Å². The summed E-state index contributed by atoms with van der Waals surface area (Å²) in [7, 11) is 0. The molecule has 7 N–H and O–H groups in total. The van der Waals surface area contributed by atoms with Crippen LogP contribution in [-0.4, -0.2) is 64.4 Å². The summed E-state index contributed by atoms with van der Waals surface area (Å²) in [5, 5.41) is 30.8. The number of nitrogens with one attached hydrogen (secondary N) is 2. The summed E-state index contributed by atoms with van der Waals surface area (Å²) in [5.74, 6) is -2.78. The van der Waals surface area contributed by atoms with Gasteiger partial charge in [0.05, 0.1) is 19.3 Å². The number of aliphatic hydroxyl groups excluding tert-OH is 2. The Hall–Kier alpha value is -1.71. The van der Waals surface area contributed by atoms with Crippen LogP contribution in [0.25, 0.3) is 0 Å². The lowest BCUT2D eigenvalue weighted by Gasteiger charge is -2.21. The monoisotopic (exact) mass is 305 g/mol. The third kappa shape index (κ3) is 7.02. The third-order valence-electron chi connectivity index (χ3n) is 2.67. The van der Waals surface area contributed by atoms with Gasteiger partial charge in [-0.25, -0.2) is 4.79 Å². The Morgan fingerprint density at radius 3 is 1.86 bits per heavy atom. The van der Waals surface area contributed by atoms with Gasteiger partial charge in [-0.1, -0.05) is 13.8 Å². The van der Waals surface area contributed by atoms with E-state index in [-0.39, 0.29) is 5.92 Å².